The quantitative estimate of drug-likeness (QED) is 0.834. The van der Waals surface area contributed by atoms with Crippen molar-refractivity contribution in [2.45, 2.75) is 43.5 Å². The van der Waals surface area contributed by atoms with Crippen LogP contribution in [0.5, 0.6) is 0 Å². The maximum atomic E-state index is 13.0. The number of methoxy groups -OCH3 is 1. The van der Waals surface area contributed by atoms with Crippen molar-refractivity contribution < 1.29 is 17.7 Å². The second-order valence-electron chi connectivity index (χ2n) is 5.67. The third kappa shape index (κ3) is 2.93. The van der Waals surface area contributed by atoms with Crippen molar-refractivity contribution in [3.05, 3.63) is 28.2 Å². The van der Waals surface area contributed by atoms with Crippen molar-refractivity contribution in [3.8, 4) is 0 Å². The number of aromatic nitrogens is 2. The van der Waals surface area contributed by atoms with E-state index in [9.17, 15) is 8.42 Å². The highest BCUT2D eigenvalue weighted by atomic mass is 32.2. The Labute approximate surface area is 139 Å². The molecular weight excluding hydrogens is 338 g/mol. The first kappa shape index (κ1) is 16.6. The molecule has 1 aliphatic rings. The second kappa shape index (κ2) is 5.97. The first-order chi connectivity index (χ1) is 10.8. The molecule has 2 atom stereocenters. The minimum absolute atomic E-state index is 0.191. The highest BCUT2D eigenvalue weighted by molar-refractivity contribution is 7.91. The Morgan fingerprint density at radius 3 is 2.65 bits per heavy atom. The molecule has 0 radical (unpaired) electrons. The van der Waals surface area contributed by atoms with Gasteiger partial charge in [0.1, 0.15) is 10.3 Å². The number of hydrogen-bond acceptors (Lipinski definition) is 7. The molecule has 9 heteroatoms. The average molecular weight is 357 g/mol. The molecule has 0 spiro atoms. The van der Waals surface area contributed by atoms with Crippen LogP contribution in [0.2, 0.25) is 0 Å². The average Bonchev–Trinajstić information content (AvgIpc) is 3.18. The summed E-state index contributed by atoms with van der Waals surface area (Å²) >= 11 is 1.28. The number of rotatable bonds is 4. The van der Waals surface area contributed by atoms with Gasteiger partial charge in [0.05, 0.1) is 6.10 Å². The number of sulfonamides is 1. The maximum absolute atomic E-state index is 13.0. The predicted octanol–water partition coefficient (Wildman–Crippen LogP) is 2.21. The standard InChI is InChI=1S/C14H19N3O4S2/c1-8-5-13(22-9(8)2)23(18,19)17-7-11(20-4)6-12(17)14-15-10(3)16-21-14/h5,11-12H,6-7H2,1-4H3/t11-,12+/m0/s1. The Bertz CT molecular complexity index is 792. The van der Waals surface area contributed by atoms with Gasteiger partial charge in [0.2, 0.25) is 5.89 Å². The van der Waals surface area contributed by atoms with E-state index in [-0.39, 0.29) is 12.6 Å². The molecular formula is C14H19N3O4S2. The molecule has 3 heterocycles. The number of nitrogens with zero attached hydrogens (tertiary/aromatic N) is 3. The topological polar surface area (TPSA) is 85.5 Å². The summed E-state index contributed by atoms with van der Waals surface area (Å²) in [7, 11) is -2.05. The molecule has 1 saturated heterocycles. The Morgan fingerprint density at radius 2 is 2.13 bits per heavy atom. The lowest BCUT2D eigenvalue weighted by Gasteiger charge is -2.20. The zero-order valence-electron chi connectivity index (χ0n) is 13.4. The molecule has 23 heavy (non-hydrogen) atoms. The van der Waals surface area contributed by atoms with Crippen molar-refractivity contribution in [2.75, 3.05) is 13.7 Å². The smallest absolute Gasteiger partial charge is 0.253 e. The van der Waals surface area contributed by atoms with E-state index >= 15 is 0 Å². The van der Waals surface area contributed by atoms with E-state index in [1.807, 2.05) is 13.8 Å². The third-order valence-electron chi connectivity index (χ3n) is 4.09. The first-order valence-corrected chi connectivity index (χ1v) is 9.50. The molecule has 2 aromatic rings. The second-order valence-corrected chi connectivity index (χ2v) is 9.04. The predicted molar refractivity (Wildman–Crippen MR) is 84.9 cm³/mol. The van der Waals surface area contributed by atoms with Crippen LogP contribution in [-0.4, -0.2) is 42.6 Å². The summed E-state index contributed by atoms with van der Waals surface area (Å²) in [6.07, 6.45) is 0.310. The molecule has 3 rings (SSSR count). The summed E-state index contributed by atoms with van der Waals surface area (Å²) in [6.45, 7) is 5.81. The molecule has 2 aromatic heterocycles. The molecule has 0 saturated carbocycles. The van der Waals surface area contributed by atoms with Gasteiger partial charge >= 0.3 is 0 Å². The van der Waals surface area contributed by atoms with Crippen molar-refractivity contribution in [1.82, 2.24) is 14.4 Å². The van der Waals surface area contributed by atoms with E-state index in [1.165, 1.54) is 15.6 Å². The molecule has 1 fully saturated rings. The number of hydrogen-bond donors (Lipinski definition) is 0. The summed E-state index contributed by atoms with van der Waals surface area (Å²) in [4.78, 5) is 5.20. The normalized spacial score (nSPS) is 22.8. The monoisotopic (exact) mass is 357 g/mol. The van der Waals surface area contributed by atoms with Crippen LogP contribution in [-0.2, 0) is 14.8 Å². The van der Waals surface area contributed by atoms with Crippen molar-refractivity contribution in [2.24, 2.45) is 0 Å². The molecule has 1 aliphatic heterocycles. The summed E-state index contributed by atoms with van der Waals surface area (Å²) in [5, 5.41) is 3.77. The fourth-order valence-electron chi connectivity index (χ4n) is 2.66. The SMILES string of the molecule is CO[C@H]1C[C@H](c2nc(C)no2)N(S(=O)(=O)c2cc(C)c(C)s2)C1. The summed E-state index contributed by atoms with van der Waals surface area (Å²) < 4.78 is 38.4. The lowest BCUT2D eigenvalue weighted by Crippen LogP contribution is -2.31. The molecule has 0 bridgehead atoms. The summed E-state index contributed by atoms with van der Waals surface area (Å²) in [5.41, 5.74) is 0.973. The van der Waals surface area contributed by atoms with E-state index < -0.39 is 16.1 Å². The van der Waals surface area contributed by atoms with E-state index in [4.69, 9.17) is 9.26 Å². The first-order valence-electron chi connectivity index (χ1n) is 7.24. The van der Waals surface area contributed by atoms with Gasteiger partial charge in [0.25, 0.3) is 10.0 Å². The largest absolute Gasteiger partial charge is 0.380 e. The Morgan fingerprint density at radius 1 is 1.39 bits per heavy atom. The highest BCUT2D eigenvalue weighted by Crippen LogP contribution is 2.39. The van der Waals surface area contributed by atoms with E-state index in [2.05, 4.69) is 10.1 Å². The highest BCUT2D eigenvalue weighted by Gasteiger charge is 2.44. The Hall–Kier alpha value is -1.29. The maximum Gasteiger partial charge on any atom is 0.253 e. The van der Waals surface area contributed by atoms with Crippen molar-refractivity contribution >= 4 is 21.4 Å². The lowest BCUT2D eigenvalue weighted by molar-refractivity contribution is 0.114. The van der Waals surface area contributed by atoms with Crippen LogP contribution in [0.4, 0.5) is 0 Å². The van der Waals surface area contributed by atoms with Crippen molar-refractivity contribution in [1.29, 1.82) is 0 Å². The van der Waals surface area contributed by atoms with Crippen LogP contribution in [0.3, 0.4) is 0 Å². The molecule has 7 nitrogen and oxygen atoms in total. The van der Waals surface area contributed by atoms with Gasteiger partial charge in [-0.05, 0) is 32.4 Å². The minimum Gasteiger partial charge on any atom is -0.380 e. The van der Waals surface area contributed by atoms with Gasteiger partial charge in [-0.1, -0.05) is 5.16 Å². The lowest BCUT2D eigenvalue weighted by atomic mass is 10.2. The van der Waals surface area contributed by atoms with Crippen molar-refractivity contribution in [3.63, 3.8) is 0 Å². The van der Waals surface area contributed by atoms with E-state index in [0.29, 0.717) is 22.3 Å². The zero-order chi connectivity index (χ0) is 16.8. The summed E-state index contributed by atoms with van der Waals surface area (Å²) in [6, 6.07) is 1.22. The number of ether oxygens (including phenoxy) is 1. The zero-order valence-corrected chi connectivity index (χ0v) is 15.1. The van der Waals surface area contributed by atoms with E-state index in [1.54, 1.807) is 20.1 Å². The van der Waals surface area contributed by atoms with E-state index in [0.717, 1.165) is 10.4 Å². The van der Waals surface area contributed by atoms with Gasteiger partial charge in [0.15, 0.2) is 5.82 Å². The summed E-state index contributed by atoms with van der Waals surface area (Å²) in [5.74, 6) is 0.802. The van der Waals surface area contributed by atoms with Crippen LogP contribution in [0, 0.1) is 20.8 Å². The Kier molecular flexibility index (Phi) is 4.30. The van der Waals surface area contributed by atoms with Gasteiger partial charge in [-0.2, -0.15) is 9.29 Å². The van der Waals surface area contributed by atoms with Gasteiger partial charge in [0, 0.05) is 25.0 Å². The molecule has 126 valence electrons. The number of aryl methyl sites for hydroxylation is 3. The molecule has 0 aromatic carbocycles. The van der Waals surface area contributed by atoms with Crippen LogP contribution in [0.25, 0.3) is 0 Å². The third-order valence-corrected chi connectivity index (χ3v) is 7.56. The van der Waals surface area contributed by atoms with Crippen LogP contribution < -0.4 is 0 Å². The molecule has 0 amide bonds. The van der Waals surface area contributed by atoms with Gasteiger partial charge < -0.3 is 9.26 Å². The van der Waals surface area contributed by atoms with Crippen LogP contribution in [0.1, 0.15) is 34.6 Å². The van der Waals surface area contributed by atoms with Gasteiger partial charge in [-0.15, -0.1) is 11.3 Å². The number of thiophene rings is 1. The van der Waals surface area contributed by atoms with Gasteiger partial charge in [-0.25, -0.2) is 8.42 Å². The fraction of sp³-hybridized carbons (Fsp3) is 0.571. The molecule has 0 unspecified atom stereocenters. The minimum atomic E-state index is -3.63. The van der Waals surface area contributed by atoms with Crippen LogP contribution in [0.15, 0.2) is 14.8 Å². The molecule has 0 aliphatic carbocycles. The Balaban J connectivity index is 2.00. The van der Waals surface area contributed by atoms with Crippen LogP contribution >= 0.6 is 11.3 Å². The molecule has 0 N–H and O–H groups in total. The van der Waals surface area contributed by atoms with Gasteiger partial charge in [-0.3, -0.25) is 0 Å². The fourth-order valence-corrected chi connectivity index (χ4v) is 5.93.